The Morgan fingerprint density at radius 1 is 1.31 bits per heavy atom. The largest absolute Gasteiger partial charge is 0.490 e. The molecule has 26 heavy (non-hydrogen) atoms. The monoisotopic (exact) mass is 357 g/mol. The second-order valence-electron chi connectivity index (χ2n) is 6.20. The fourth-order valence-corrected chi connectivity index (χ4v) is 3.02. The summed E-state index contributed by atoms with van der Waals surface area (Å²) >= 11 is 0. The van der Waals surface area contributed by atoms with Crippen LogP contribution in [0.15, 0.2) is 36.5 Å². The summed E-state index contributed by atoms with van der Waals surface area (Å²) in [6.07, 6.45) is 1.08. The molecule has 0 aliphatic carbocycles. The molecule has 4 rings (SSSR count). The molecule has 1 aromatic heterocycles. The van der Waals surface area contributed by atoms with E-state index in [-0.39, 0.29) is 12.3 Å². The van der Waals surface area contributed by atoms with Crippen molar-refractivity contribution in [3.05, 3.63) is 42.1 Å². The third-order valence-corrected chi connectivity index (χ3v) is 4.54. The van der Waals surface area contributed by atoms with E-state index in [9.17, 15) is 4.79 Å². The Kier molecular flexibility index (Phi) is 4.68. The highest BCUT2D eigenvalue weighted by Gasteiger charge is 2.32. The van der Waals surface area contributed by atoms with Crippen molar-refractivity contribution in [2.45, 2.75) is 18.8 Å². The summed E-state index contributed by atoms with van der Waals surface area (Å²) in [5.41, 5.74) is 2.49. The number of ether oxygens (including phenoxy) is 3. The first-order valence-corrected chi connectivity index (χ1v) is 8.49. The quantitative estimate of drug-likeness (QED) is 0.877. The number of rotatable bonds is 5. The van der Waals surface area contributed by atoms with E-state index in [1.54, 1.807) is 6.07 Å². The number of nitrogens with zero attached hydrogens (tertiary/aromatic N) is 3. The van der Waals surface area contributed by atoms with Crippen LogP contribution in [0, 0.1) is 0 Å². The van der Waals surface area contributed by atoms with Crippen LogP contribution in [0.5, 0.6) is 5.75 Å². The number of hydrogen-bond acceptors (Lipinski definition) is 6. The second kappa shape index (κ2) is 7.27. The smallest absolute Gasteiger partial charge is 0.407 e. The summed E-state index contributed by atoms with van der Waals surface area (Å²) in [7, 11) is 0. The van der Waals surface area contributed by atoms with Crippen LogP contribution in [0.25, 0.3) is 11.3 Å². The normalized spacial score (nSPS) is 20.0. The molecule has 1 aromatic carbocycles. The van der Waals surface area contributed by atoms with Crippen LogP contribution in [0.4, 0.5) is 4.79 Å². The number of hydrogen-bond donors (Lipinski definition) is 1. The minimum Gasteiger partial charge on any atom is -0.490 e. The zero-order valence-electron chi connectivity index (χ0n) is 14.1. The standard InChI is InChI=1S/C18H19N3O5/c22-18(23)21-5-4-14(21)11-26-15-9-16(20-19-10-15)12-2-1-3-13(8-12)17-24-6-7-25-17/h1-3,8-10,14,17H,4-7,11H2,(H,22,23). The maximum atomic E-state index is 11.0. The van der Waals surface area contributed by atoms with Crippen LogP contribution >= 0.6 is 0 Å². The molecule has 2 fully saturated rings. The Labute approximate surface area is 150 Å². The van der Waals surface area contributed by atoms with Crippen LogP contribution in [-0.4, -0.2) is 58.7 Å². The lowest BCUT2D eigenvalue weighted by Crippen LogP contribution is -2.53. The second-order valence-corrected chi connectivity index (χ2v) is 6.20. The topological polar surface area (TPSA) is 94.0 Å². The number of carboxylic acid groups (broad SMARTS) is 1. The van der Waals surface area contributed by atoms with Gasteiger partial charge in [-0.15, -0.1) is 0 Å². The first-order valence-electron chi connectivity index (χ1n) is 8.49. The maximum absolute atomic E-state index is 11.0. The highest BCUT2D eigenvalue weighted by molar-refractivity contribution is 5.66. The van der Waals surface area contributed by atoms with Crippen LogP contribution < -0.4 is 4.74 Å². The third-order valence-electron chi connectivity index (χ3n) is 4.54. The average Bonchev–Trinajstić information content (AvgIpc) is 3.15. The fraction of sp³-hybridized carbons (Fsp3) is 0.389. The van der Waals surface area contributed by atoms with E-state index < -0.39 is 6.09 Å². The lowest BCUT2D eigenvalue weighted by Gasteiger charge is -2.38. The van der Waals surface area contributed by atoms with E-state index in [0.717, 1.165) is 17.5 Å². The number of carbonyl (C=O) groups is 1. The average molecular weight is 357 g/mol. The van der Waals surface area contributed by atoms with Crippen molar-refractivity contribution in [3.8, 4) is 17.0 Å². The molecule has 8 nitrogen and oxygen atoms in total. The predicted octanol–water partition coefficient (Wildman–Crippen LogP) is 2.32. The molecule has 2 aliphatic rings. The molecule has 1 amide bonds. The molecule has 1 unspecified atom stereocenters. The lowest BCUT2D eigenvalue weighted by molar-refractivity contribution is -0.0440. The van der Waals surface area contributed by atoms with Gasteiger partial charge in [0.25, 0.3) is 0 Å². The summed E-state index contributed by atoms with van der Waals surface area (Å²) in [6, 6.07) is 9.46. The molecule has 0 radical (unpaired) electrons. The summed E-state index contributed by atoms with van der Waals surface area (Å²) in [4.78, 5) is 12.4. The van der Waals surface area contributed by atoms with Gasteiger partial charge in [-0.2, -0.15) is 10.2 Å². The summed E-state index contributed by atoms with van der Waals surface area (Å²) < 4.78 is 16.8. The van der Waals surface area contributed by atoms with Gasteiger partial charge in [0, 0.05) is 23.7 Å². The van der Waals surface area contributed by atoms with E-state index in [4.69, 9.17) is 19.3 Å². The first kappa shape index (κ1) is 16.7. The van der Waals surface area contributed by atoms with E-state index in [0.29, 0.717) is 37.8 Å². The number of amides is 1. The molecule has 1 atom stereocenters. The summed E-state index contributed by atoms with van der Waals surface area (Å²) in [6.45, 7) is 2.04. The van der Waals surface area contributed by atoms with Crippen LogP contribution in [-0.2, 0) is 9.47 Å². The lowest BCUT2D eigenvalue weighted by atomic mass is 10.1. The Hall–Kier alpha value is -2.71. The van der Waals surface area contributed by atoms with Crippen molar-refractivity contribution in [3.63, 3.8) is 0 Å². The molecule has 1 N–H and O–H groups in total. The first-order chi connectivity index (χ1) is 12.7. The van der Waals surface area contributed by atoms with Gasteiger partial charge in [-0.05, 0) is 12.5 Å². The molecule has 2 saturated heterocycles. The van der Waals surface area contributed by atoms with Gasteiger partial charge in [-0.3, -0.25) is 0 Å². The Bertz CT molecular complexity index is 794. The van der Waals surface area contributed by atoms with E-state index in [1.807, 2.05) is 24.3 Å². The van der Waals surface area contributed by atoms with Gasteiger partial charge in [-0.25, -0.2) is 4.79 Å². The molecule has 0 bridgehead atoms. The van der Waals surface area contributed by atoms with Crippen molar-refractivity contribution in [1.82, 2.24) is 15.1 Å². The minimum atomic E-state index is -0.911. The molecule has 2 aromatic rings. The van der Waals surface area contributed by atoms with Crippen molar-refractivity contribution in [1.29, 1.82) is 0 Å². The molecule has 8 heteroatoms. The van der Waals surface area contributed by atoms with Gasteiger partial charge in [0.2, 0.25) is 0 Å². The van der Waals surface area contributed by atoms with E-state index in [2.05, 4.69) is 10.2 Å². The molecule has 136 valence electrons. The molecular formula is C18H19N3O5. The highest BCUT2D eigenvalue weighted by atomic mass is 16.7. The van der Waals surface area contributed by atoms with Gasteiger partial charge in [-0.1, -0.05) is 18.2 Å². The molecular weight excluding hydrogens is 338 g/mol. The van der Waals surface area contributed by atoms with Gasteiger partial charge in [0.05, 0.1) is 31.1 Å². The summed E-state index contributed by atoms with van der Waals surface area (Å²) in [5, 5.41) is 17.2. The Morgan fingerprint density at radius 3 is 2.88 bits per heavy atom. The number of likely N-dealkylation sites (tertiary alicyclic amines) is 1. The molecule has 3 heterocycles. The van der Waals surface area contributed by atoms with Crippen molar-refractivity contribution in [2.75, 3.05) is 26.4 Å². The molecule has 2 aliphatic heterocycles. The predicted molar refractivity (Wildman–Crippen MR) is 90.7 cm³/mol. The Morgan fingerprint density at radius 2 is 2.15 bits per heavy atom. The van der Waals surface area contributed by atoms with Gasteiger partial charge in [0.1, 0.15) is 12.4 Å². The maximum Gasteiger partial charge on any atom is 0.407 e. The number of benzene rings is 1. The van der Waals surface area contributed by atoms with Crippen LogP contribution in [0.1, 0.15) is 18.3 Å². The Balaban J connectivity index is 1.45. The SMILES string of the molecule is O=C(O)N1CCC1COc1cnnc(-c2cccc(C3OCCO3)c2)c1. The third kappa shape index (κ3) is 3.47. The fourth-order valence-electron chi connectivity index (χ4n) is 3.02. The molecule has 0 spiro atoms. The summed E-state index contributed by atoms with van der Waals surface area (Å²) in [5.74, 6) is 0.561. The highest BCUT2D eigenvalue weighted by Crippen LogP contribution is 2.28. The van der Waals surface area contributed by atoms with Crippen molar-refractivity contribution < 1.29 is 24.1 Å². The molecule has 0 saturated carbocycles. The van der Waals surface area contributed by atoms with Gasteiger partial charge < -0.3 is 24.2 Å². The van der Waals surface area contributed by atoms with Gasteiger partial charge >= 0.3 is 6.09 Å². The van der Waals surface area contributed by atoms with Crippen LogP contribution in [0.3, 0.4) is 0 Å². The number of aromatic nitrogens is 2. The van der Waals surface area contributed by atoms with Crippen molar-refractivity contribution >= 4 is 6.09 Å². The zero-order chi connectivity index (χ0) is 17.9. The van der Waals surface area contributed by atoms with Gasteiger partial charge in [0.15, 0.2) is 6.29 Å². The van der Waals surface area contributed by atoms with E-state index in [1.165, 1.54) is 11.1 Å². The van der Waals surface area contributed by atoms with Crippen LogP contribution in [0.2, 0.25) is 0 Å². The zero-order valence-corrected chi connectivity index (χ0v) is 14.1. The van der Waals surface area contributed by atoms with Crippen molar-refractivity contribution in [2.24, 2.45) is 0 Å². The van der Waals surface area contributed by atoms with E-state index >= 15 is 0 Å². The minimum absolute atomic E-state index is 0.107.